The van der Waals surface area contributed by atoms with E-state index in [-0.39, 0.29) is 20.1 Å². The quantitative estimate of drug-likeness (QED) is 0.167. The first-order valence-corrected chi connectivity index (χ1v) is 13.8. The van der Waals surface area contributed by atoms with Gasteiger partial charge in [-0.25, -0.2) is 0 Å². The van der Waals surface area contributed by atoms with Crippen molar-refractivity contribution in [3.63, 3.8) is 0 Å². The van der Waals surface area contributed by atoms with Gasteiger partial charge in [-0.1, -0.05) is 41.6 Å². The first kappa shape index (κ1) is 27.9. The van der Waals surface area contributed by atoms with Gasteiger partial charge in [0.1, 0.15) is 5.58 Å². The molecular weight excluding hydrogens is 689 g/mol. The average Bonchev–Trinajstić information content (AvgIpc) is 3.48. The zero-order chi connectivity index (χ0) is 27.1. The monoisotopic (exact) mass is 717 g/mol. The van der Waals surface area contributed by atoms with Gasteiger partial charge in [-0.15, -0.1) is 64.9 Å². The number of aromatic nitrogens is 2. The molecule has 4 aromatic heterocycles. The summed E-state index contributed by atoms with van der Waals surface area (Å²) in [4.78, 5) is 10.3. The molecule has 3 aromatic carbocycles. The van der Waals surface area contributed by atoms with Gasteiger partial charge in [-0.3, -0.25) is 0 Å². The molecule has 0 bridgehead atoms. The first-order chi connectivity index (χ1) is 18.9. The third-order valence-electron chi connectivity index (χ3n) is 6.98. The van der Waals surface area contributed by atoms with E-state index in [0.29, 0.717) is 0 Å². The molecule has 5 heteroatoms. The van der Waals surface area contributed by atoms with Crippen molar-refractivity contribution >= 4 is 43.4 Å². The fourth-order valence-electron chi connectivity index (χ4n) is 4.65. The van der Waals surface area contributed by atoms with E-state index in [1.165, 1.54) is 31.7 Å². The molecule has 0 N–H and O–H groups in total. The van der Waals surface area contributed by atoms with Gasteiger partial charge >= 0.3 is 0 Å². The molecule has 0 unspecified atom stereocenters. The number of aryl methyl sites for hydroxylation is 5. The summed E-state index contributed by atoms with van der Waals surface area (Å²) in [6.07, 6.45) is 3.79. The van der Waals surface area contributed by atoms with E-state index in [9.17, 15) is 0 Å². The molecule has 0 saturated carbocycles. The number of hydrogen-bond donors (Lipinski definition) is 0. The van der Waals surface area contributed by atoms with Crippen molar-refractivity contribution in [2.75, 3.05) is 0 Å². The summed E-state index contributed by atoms with van der Waals surface area (Å²) in [5.41, 5.74) is 10.5. The molecule has 0 saturated heterocycles. The van der Waals surface area contributed by atoms with Crippen molar-refractivity contribution in [2.24, 2.45) is 0 Å². The van der Waals surface area contributed by atoms with Crippen LogP contribution in [0.1, 0.15) is 27.1 Å². The Hall–Kier alpha value is -3.63. The molecule has 7 aromatic rings. The van der Waals surface area contributed by atoms with Crippen molar-refractivity contribution in [3.05, 3.63) is 118 Å². The summed E-state index contributed by atoms with van der Waals surface area (Å²) >= 11 is 1.82. The number of rotatable bonds is 2. The van der Waals surface area contributed by atoms with Crippen LogP contribution < -0.4 is 0 Å². The second kappa shape index (κ2) is 11.5. The van der Waals surface area contributed by atoms with Gasteiger partial charge in [0.2, 0.25) is 0 Å². The Morgan fingerprint density at radius 3 is 2.25 bits per heavy atom. The second-order valence-corrected chi connectivity index (χ2v) is 11.4. The molecule has 0 amide bonds. The minimum atomic E-state index is 0. The van der Waals surface area contributed by atoms with Crippen molar-refractivity contribution in [2.45, 2.75) is 34.6 Å². The number of fused-ring (bicyclic) bond motifs is 4. The third-order valence-corrected chi connectivity index (χ3v) is 7.99. The van der Waals surface area contributed by atoms with Crippen LogP contribution in [0, 0.1) is 46.8 Å². The van der Waals surface area contributed by atoms with Crippen molar-refractivity contribution in [3.8, 4) is 22.5 Å². The average molecular weight is 717 g/mol. The summed E-state index contributed by atoms with van der Waals surface area (Å²) in [5.74, 6) is 0. The van der Waals surface area contributed by atoms with E-state index in [0.717, 1.165) is 50.0 Å². The Kier molecular flexibility index (Phi) is 8.00. The predicted molar refractivity (Wildman–Crippen MR) is 163 cm³/mol. The number of thiophene rings is 1. The molecule has 4 heterocycles. The number of furan rings is 1. The maximum Gasteiger partial charge on any atom is 0.121 e. The topological polar surface area (TPSA) is 38.9 Å². The Balaban J connectivity index is 0.000000175. The molecule has 0 atom stereocenters. The summed E-state index contributed by atoms with van der Waals surface area (Å²) in [5, 5.41) is 3.51. The van der Waals surface area contributed by atoms with Crippen LogP contribution in [0.3, 0.4) is 0 Å². The number of pyridine rings is 2. The van der Waals surface area contributed by atoms with Crippen LogP contribution >= 0.6 is 11.3 Å². The second-order valence-electron chi connectivity index (χ2n) is 10.1. The SMILES string of the molecule is Cc1c[c-]c(-c2cc(C)c(C)cn2)cc1.Cc1ccc(-c2[c-]ccc3c2oc2cc4cc(C)sc4cc23)nc1.[Ir]. The molecule has 0 aliphatic rings. The van der Waals surface area contributed by atoms with Crippen molar-refractivity contribution in [1.29, 1.82) is 0 Å². The summed E-state index contributed by atoms with van der Waals surface area (Å²) in [6, 6.07) is 29.5. The molecule has 0 fully saturated rings. The maximum absolute atomic E-state index is 6.22. The van der Waals surface area contributed by atoms with Crippen molar-refractivity contribution < 1.29 is 24.5 Å². The van der Waals surface area contributed by atoms with E-state index < -0.39 is 0 Å². The third kappa shape index (κ3) is 5.51. The zero-order valence-corrected chi connectivity index (χ0v) is 26.3. The van der Waals surface area contributed by atoms with E-state index in [1.807, 2.05) is 48.9 Å². The van der Waals surface area contributed by atoms with E-state index in [2.05, 4.69) is 98.3 Å². The standard InChI is InChI=1S/C21H14NOS.C14H14N.Ir/c1-12-6-7-18(22-11-12)16-5-3-4-15-17-10-20-14(8-13(2)24-20)9-19(17)23-21(15)16;1-10-4-6-13(7-5-10)14-8-11(2)12(3)9-15-14;/h3-4,6-11H,1-2H3;4-6,8-9H,1-3H3;/q2*-1;. The van der Waals surface area contributed by atoms with Crippen LogP contribution in [0.4, 0.5) is 0 Å². The Labute approximate surface area is 252 Å². The van der Waals surface area contributed by atoms with Crippen LogP contribution in [0.5, 0.6) is 0 Å². The van der Waals surface area contributed by atoms with Gasteiger partial charge in [-0.2, -0.15) is 0 Å². The molecule has 7 rings (SSSR count). The van der Waals surface area contributed by atoms with E-state index in [4.69, 9.17) is 4.42 Å². The number of hydrogen-bond acceptors (Lipinski definition) is 4. The maximum atomic E-state index is 6.22. The molecular formula is C35H28IrN2OS-2. The fourth-order valence-corrected chi connectivity index (χ4v) is 5.59. The molecule has 40 heavy (non-hydrogen) atoms. The summed E-state index contributed by atoms with van der Waals surface area (Å²) < 4.78 is 7.52. The minimum absolute atomic E-state index is 0. The smallest absolute Gasteiger partial charge is 0.121 e. The molecule has 0 aliphatic heterocycles. The predicted octanol–water partition coefficient (Wildman–Crippen LogP) is 9.75. The number of nitrogens with zero attached hydrogens (tertiary/aromatic N) is 2. The minimum Gasteiger partial charge on any atom is -0.501 e. The van der Waals surface area contributed by atoms with Crippen LogP contribution in [-0.4, -0.2) is 9.97 Å². The zero-order valence-electron chi connectivity index (χ0n) is 23.0. The van der Waals surface area contributed by atoms with Gasteiger partial charge < -0.3 is 14.4 Å². The Morgan fingerprint density at radius 1 is 0.725 bits per heavy atom. The Morgan fingerprint density at radius 2 is 1.52 bits per heavy atom. The first-order valence-electron chi connectivity index (χ1n) is 13.0. The van der Waals surface area contributed by atoms with E-state index >= 15 is 0 Å². The van der Waals surface area contributed by atoms with E-state index in [1.54, 1.807) is 0 Å². The summed E-state index contributed by atoms with van der Waals surface area (Å²) in [7, 11) is 0. The molecule has 3 nitrogen and oxygen atoms in total. The largest absolute Gasteiger partial charge is 0.501 e. The van der Waals surface area contributed by atoms with Gasteiger partial charge in [0.05, 0.1) is 5.58 Å². The van der Waals surface area contributed by atoms with Crippen LogP contribution in [0.25, 0.3) is 54.5 Å². The Bertz CT molecular complexity index is 1950. The summed E-state index contributed by atoms with van der Waals surface area (Å²) in [6.45, 7) is 10.4. The normalized spacial score (nSPS) is 10.9. The molecule has 201 valence electrons. The van der Waals surface area contributed by atoms with Gasteiger partial charge in [0.25, 0.3) is 0 Å². The van der Waals surface area contributed by atoms with Crippen molar-refractivity contribution in [1.82, 2.24) is 9.97 Å². The van der Waals surface area contributed by atoms with Crippen LogP contribution in [0.2, 0.25) is 0 Å². The molecule has 0 aliphatic carbocycles. The number of benzene rings is 3. The van der Waals surface area contributed by atoms with Gasteiger partial charge in [-0.05, 0) is 73.8 Å². The fraction of sp³-hybridized carbons (Fsp3) is 0.143. The van der Waals surface area contributed by atoms with Crippen LogP contribution in [-0.2, 0) is 20.1 Å². The van der Waals surface area contributed by atoms with Gasteiger partial charge in [0, 0.05) is 47.5 Å². The van der Waals surface area contributed by atoms with Gasteiger partial charge in [0.15, 0.2) is 0 Å². The van der Waals surface area contributed by atoms with Crippen LogP contribution in [0.15, 0.2) is 83.5 Å². The molecule has 1 radical (unpaired) electrons. The molecule has 0 spiro atoms.